The van der Waals surface area contributed by atoms with Gasteiger partial charge in [-0.1, -0.05) is 0 Å². The molecule has 4 aromatic heterocycles. The van der Waals surface area contributed by atoms with Crippen LogP contribution >= 0.6 is 0 Å². The second-order valence-corrected chi connectivity index (χ2v) is 8.63. The van der Waals surface area contributed by atoms with Crippen LogP contribution in [0.2, 0.25) is 0 Å². The minimum atomic E-state index is 0.588. The minimum Gasteiger partial charge on any atom is -0.493 e. The molecule has 1 aliphatic heterocycles. The Balaban J connectivity index is 1.45. The molecule has 1 unspecified atom stereocenters. The van der Waals surface area contributed by atoms with Crippen LogP contribution in [-0.2, 0) is 0 Å². The highest BCUT2D eigenvalue weighted by Crippen LogP contribution is 2.57. The van der Waals surface area contributed by atoms with Gasteiger partial charge in [-0.05, 0) is 50.4 Å². The van der Waals surface area contributed by atoms with Crippen molar-refractivity contribution in [3.63, 3.8) is 0 Å². The number of rotatable bonds is 3. The minimum absolute atomic E-state index is 0.588. The summed E-state index contributed by atoms with van der Waals surface area (Å²) in [5, 5.41) is 4.78. The lowest BCUT2D eigenvalue weighted by atomic mass is 10.1. The van der Waals surface area contributed by atoms with Crippen molar-refractivity contribution in [2.24, 2.45) is 11.8 Å². The molecule has 0 spiro atoms. The first kappa shape index (κ1) is 17.0. The normalized spacial score (nSPS) is 23.8. The second kappa shape index (κ2) is 5.79. The highest BCUT2D eigenvalue weighted by Gasteiger charge is 2.56. The first-order valence-corrected chi connectivity index (χ1v) is 10.1. The van der Waals surface area contributed by atoms with Crippen molar-refractivity contribution in [2.45, 2.75) is 19.8 Å². The number of nitrogens with zero attached hydrogens (tertiary/aromatic N) is 6. The molecule has 2 fully saturated rings. The quantitative estimate of drug-likeness (QED) is 0.540. The number of aryl methyl sites for hydroxylation is 2. The third-order valence-corrected chi connectivity index (χ3v) is 6.50. The highest BCUT2D eigenvalue weighted by molar-refractivity contribution is 5.69. The molecule has 29 heavy (non-hydrogen) atoms. The molecule has 148 valence electrons. The maximum atomic E-state index is 5.70. The van der Waals surface area contributed by atoms with Crippen molar-refractivity contribution in [1.29, 1.82) is 0 Å². The number of fused-ring (bicyclic) bond motifs is 3. The fourth-order valence-corrected chi connectivity index (χ4v) is 5.10. The standard InChI is InChI=1S/C22H24N6O/c1-12-5-17(25-28-7-13(2)23-21(12)28)14-6-19(29-4)22-24-18(11-27(22)8-14)20-15-9-26(3)10-16(15)20/h5-8,11,15-16,20H,9-10H2,1-4H3/t15-,16+,20?. The van der Waals surface area contributed by atoms with Crippen LogP contribution in [0.3, 0.4) is 0 Å². The summed E-state index contributed by atoms with van der Waals surface area (Å²) < 4.78 is 9.66. The number of hydrogen-bond acceptors (Lipinski definition) is 5. The van der Waals surface area contributed by atoms with Gasteiger partial charge in [-0.2, -0.15) is 5.10 Å². The summed E-state index contributed by atoms with van der Waals surface area (Å²) in [7, 11) is 3.91. The van der Waals surface area contributed by atoms with Gasteiger partial charge in [0.15, 0.2) is 17.0 Å². The number of ether oxygens (including phenoxy) is 1. The molecule has 0 aromatic carbocycles. The van der Waals surface area contributed by atoms with E-state index in [4.69, 9.17) is 14.8 Å². The van der Waals surface area contributed by atoms with Crippen molar-refractivity contribution in [1.82, 2.24) is 28.9 Å². The second-order valence-electron chi connectivity index (χ2n) is 8.63. The lowest BCUT2D eigenvalue weighted by Gasteiger charge is -2.11. The number of piperidine rings is 1. The fourth-order valence-electron chi connectivity index (χ4n) is 5.10. The van der Waals surface area contributed by atoms with Crippen LogP contribution in [0.4, 0.5) is 0 Å². The summed E-state index contributed by atoms with van der Waals surface area (Å²) in [6, 6.07) is 4.12. The van der Waals surface area contributed by atoms with Gasteiger partial charge in [0.05, 0.1) is 30.4 Å². The largest absolute Gasteiger partial charge is 0.493 e. The average molecular weight is 388 g/mol. The first-order valence-electron chi connectivity index (χ1n) is 10.1. The van der Waals surface area contributed by atoms with E-state index >= 15 is 0 Å². The predicted octanol–water partition coefficient (Wildman–Crippen LogP) is 2.94. The van der Waals surface area contributed by atoms with Crippen molar-refractivity contribution < 1.29 is 4.74 Å². The van der Waals surface area contributed by atoms with Gasteiger partial charge in [0.2, 0.25) is 0 Å². The maximum absolute atomic E-state index is 5.70. The fraction of sp³-hybridized carbons (Fsp3) is 0.409. The predicted molar refractivity (Wildman–Crippen MR) is 110 cm³/mol. The summed E-state index contributed by atoms with van der Waals surface area (Å²) in [6.45, 7) is 6.42. The van der Waals surface area contributed by atoms with E-state index in [1.54, 1.807) is 7.11 Å². The van der Waals surface area contributed by atoms with Crippen LogP contribution in [0.25, 0.3) is 22.6 Å². The molecule has 3 atom stereocenters. The van der Waals surface area contributed by atoms with Crippen LogP contribution in [0.5, 0.6) is 5.75 Å². The van der Waals surface area contributed by atoms with Crippen LogP contribution in [0.1, 0.15) is 22.9 Å². The summed E-state index contributed by atoms with van der Waals surface area (Å²) in [6.07, 6.45) is 6.24. The molecule has 5 heterocycles. The molecule has 0 bridgehead atoms. The number of imidazole rings is 2. The molecule has 1 aliphatic carbocycles. The Morgan fingerprint density at radius 3 is 2.55 bits per heavy atom. The molecule has 1 saturated carbocycles. The summed E-state index contributed by atoms with van der Waals surface area (Å²) in [5.74, 6) is 2.88. The number of methoxy groups -OCH3 is 1. The first-order chi connectivity index (χ1) is 14.0. The van der Waals surface area contributed by atoms with Crippen molar-refractivity contribution in [2.75, 3.05) is 27.2 Å². The molecule has 1 saturated heterocycles. The van der Waals surface area contributed by atoms with Gasteiger partial charge in [-0.25, -0.2) is 14.5 Å². The zero-order valence-electron chi connectivity index (χ0n) is 17.1. The Bertz CT molecular complexity index is 1260. The van der Waals surface area contributed by atoms with Gasteiger partial charge >= 0.3 is 0 Å². The molecular formula is C22H24N6O. The van der Waals surface area contributed by atoms with Gasteiger partial charge < -0.3 is 14.0 Å². The van der Waals surface area contributed by atoms with Crippen molar-refractivity contribution in [3.05, 3.63) is 47.7 Å². The van der Waals surface area contributed by atoms with Crippen LogP contribution in [-0.4, -0.2) is 56.1 Å². The third-order valence-electron chi connectivity index (χ3n) is 6.50. The van der Waals surface area contributed by atoms with E-state index in [1.165, 1.54) is 18.8 Å². The van der Waals surface area contributed by atoms with Crippen molar-refractivity contribution >= 4 is 11.3 Å². The molecule has 0 N–H and O–H groups in total. The molecule has 6 rings (SSSR count). The third kappa shape index (κ3) is 2.50. The van der Waals surface area contributed by atoms with E-state index in [9.17, 15) is 0 Å². The van der Waals surface area contributed by atoms with E-state index in [2.05, 4.69) is 46.7 Å². The van der Waals surface area contributed by atoms with Crippen LogP contribution < -0.4 is 4.74 Å². The Morgan fingerprint density at radius 2 is 1.79 bits per heavy atom. The molecule has 2 aliphatic rings. The van der Waals surface area contributed by atoms with Gasteiger partial charge in [-0.3, -0.25) is 0 Å². The van der Waals surface area contributed by atoms with Gasteiger partial charge in [0, 0.05) is 37.0 Å². The monoisotopic (exact) mass is 388 g/mol. The molecule has 0 radical (unpaired) electrons. The number of likely N-dealkylation sites (tertiary alicyclic amines) is 1. The zero-order valence-corrected chi connectivity index (χ0v) is 17.1. The van der Waals surface area contributed by atoms with E-state index in [1.807, 2.05) is 23.7 Å². The van der Waals surface area contributed by atoms with Gasteiger partial charge in [-0.15, -0.1) is 0 Å². The van der Waals surface area contributed by atoms with Crippen molar-refractivity contribution in [3.8, 4) is 17.0 Å². The molecule has 4 aromatic rings. The topological polar surface area (TPSA) is 60.0 Å². The SMILES string of the molecule is COc1cc(-c2cc(C)c3nc(C)cn3n2)cn2cc(C3[C@H]4CN(C)C[C@@H]34)nc12. The molecule has 7 nitrogen and oxygen atoms in total. The average Bonchev–Trinajstić information content (AvgIpc) is 3.07. The van der Waals surface area contributed by atoms with E-state index in [-0.39, 0.29) is 0 Å². The Hall–Kier alpha value is -2.93. The highest BCUT2D eigenvalue weighted by atomic mass is 16.5. The zero-order chi connectivity index (χ0) is 19.9. The summed E-state index contributed by atoms with van der Waals surface area (Å²) in [4.78, 5) is 11.9. The Labute approximate surface area is 168 Å². The Kier molecular flexibility index (Phi) is 3.39. The Morgan fingerprint density at radius 1 is 1.00 bits per heavy atom. The number of pyridine rings is 1. The van der Waals surface area contributed by atoms with E-state index in [0.717, 1.165) is 51.4 Å². The summed E-state index contributed by atoms with van der Waals surface area (Å²) >= 11 is 0. The van der Waals surface area contributed by atoms with Gasteiger partial charge in [0.1, 0.15) is 0 Å². The van der Waals surface area contributed by atoms with Gasteiger partial charge in [0.25, 0.3) is 0 Å². The number of aromatic nitrogens is 5. The lowest BCUT2D eigenvalue weighted by molar-refractivity contribution is 0.362. The summed E-state index contributed by atoms with van der Waals surface area (Å²) in [5.41, 5.74) is 6.93. The smallest absolute Gasteiger partial charge is 0.179 e. The molecule has 7 heteroatoms. The van der Waals surface area contributed by atoms with Crippen LogP contribution in [0.15, 0.2) is 30.7 Å². The maximum Gasteiger partial charge on any atom is 0.179 e. The molecular weight excluding hydrogens is 364 g/mol. The molecule has 0 amide bonds. The van der Waals surface area contributed by atoms with E-state index < -0.39 is 0 Å². The number of hydrogen-bond donors (Lipinski definition) is 0. The van der Waals surface area contributed by atoms with E-state index in [0.29, 0.717) is 5.92 Å². The lowest BCUT2D eigenvalue weighted by Crippen LogP contribution is -2.18. The van der Waals surface area contributed by atoms with Crippen LogP contribution in [0, 0.1) is 25.7 Å².